The second-order valence-corrected chi connectivity index (χ2v) is 6.55. The lowest BCUT2D eigenvalue weighted by atomic mass is 10.1. The zero-order valence-electron chi connectivity index (χ0n) is 11.0. The molecule has 5 heteroatoms. The Bertz CT molecular complexity index is 762. The Hall–Kier alpha value is -1.59. The zero-order valence-corrected chi connectivity index (χ0v) is 13.4. The van der Waals surface area contributed by atoms with E-state index in [0.29, 0.717) is 5.69 Å². The number of fused-ring (bicyclic) bond motifs is 1. The zero-order chi connectivity index (χ0) is 14.1. The number of nitrogens with zero attached hydrogens (tertiary/aromatic N) is 1. The van der Waals surface area contributed by atoms with Gasteiger partial charge in [0.2, 0.25) is 0 Å². The number of nitrogen functional groups attached to an aromatic ring is 1. The Balaban J connectivity index is 1.99. The molecule has 0 saturated heterocycles. The van der Waals surface area contributed by atoms with Crippen LogP contribution in [0.4, 0.5) is 11.4 Å². The van der Waals surface area contributed by atoms with Crippen molar-refractivity contribution in [2.45, 2.75) is 13.5 Å². The van der Waals surface area contributed by atoms with Gasteiger partial charge in [-0.15, -0.1) is 11.3 Å². The van der Waals surface area contributed by atoms with Crippen LogP contribution in [0.5, 0.6) is 0 Å². The molecule has 0 aliphatic heterocycles. The number of aromatic nitrogens is 1. The number of benzene rings is 1. The molecule has 0 radical (unpaired) electrons. The van der Waals surface area contributed by atoms with Crippen molar-refractivity contribution in [3.05, 3.63) is 50.8 Å². The highest BCUT2D eigenvalue weighted by Gasteiger charge is 2.08. The fourth-order valence-electron chi connectivity index (χ4n) is 2.13. The number of hydrogen-bond donors (Lipinski definition) is 2. The highest BCUT2D eigenvalue weighted by atomic mass is 79.9. The van der Waals surface area contributed by atoms with Crippen LogP contribution in [-0.4, -0.2) is 4.98 Å². The lowest BCUT2D eigenvalue weighted by Crippen LogP contribution is -2.03. The van der Waals surface area contributed by atoms with Gasteiger partial charge in [0.1, 0.15) is 0 Å². The van der Waals surface area contributed by atoms with Gasteiger partial charge in [-0.05, 0) is 42.1 Å². The number of nitrogens with two attached hydrogens (primary N) is 1. The third-order valence-corrected chi connectivity index (χ3v) is 4.77. The van der Waals surface area contributed by atoms with E-state index in [9.17, 15) is 0 Å². The van der Waals surface area contributed by atoms with Gasteiger partial charge in [-0.1, -0.05) is 15.9 Å². The minimum Gasteiger partial charge on any atom is -0.396 e. The molecule has 3 nitrogen and oxygen atoms in total. The van der Waals surface area contributed by atoms with Gasteiger partial charge in [0.05, 0.1) is 23.1 Å². The van der Waals surface area contributed by atoms with Crippen LogP contribution in [0.25, 0.3) is 10.9 Å². The minimum atomic E-state index is 0.671. The summed E-state index contributed by atoms with van der Waals surface area (Å²) in [6.07, 6.45) is 1.71. The summed E-state index contributed by atoms with van der Waals surface area (Å²) in [6.45, 7) is 2.90. The second-order valence-electron chi connectivity index (χ2n) is 4.63. The molecule has 1 aromatic carbocycles. The highest BCUT2D eigenvalue weighted by Crippen LogP contribution is 2.31. The first-order valence-electron chi connectivity index (χ1n) is 6.26. The van der Waals surface area contributed by atoms with E-state index in [0.717, 1.165) is 27.6 Å². The lowest BCUT2D eigenvalue weighted by molar-refractivity contribution is 1.17. The standard InChI is InChI=1S/C15H14BrN3S/c1-9-4-5-20-14(9)8-19-15-11-6-10(16)2-3-13(11)18-7-12(15)17/h2-7H,8,17H2,1H3,(H,18,19). The number of hydrogen-bond acceptors (Lipinski definition) is 4. The van der Waals surface area contributed by atoms with E-state index in [-0.39, 0.29) is 0 Å². The van der Waals surface area contributed by atoms with E-state index in [1.807, 2.05) is 18.2 Å². The van der Waals surface area contributed by atoms with Gasteiger partial charge in [-0.2, -0.15) is 0 Å². The number of pyridine rings is 1. The van der Waals surface area contributed by atoms with Crippen molar-refractivity contribution in [3.63, 3.8) is 0 Å². The predicted octanol–water partition coefficient (Wildman–Crippen LogP) is 4.56. The van der Waals surface area contributed by atoms with Gasteiger partial charge in [0, 0.05) is 21.3 Å². The average molecular weight is 348 g/mol. The minimum absolute atomic E-state index is 0.671. The molecule has 3 N–H and O–H groups in total. The Morgan fingerprint density at radius 2 is 2.20 bits per heavy atom. The number of thiophene rings is 1. The van der Waals surface area contributed by atoms with Crippen LogP contribution in [0.2, 0.25) is 0 Å². The summed E-state index contributed by atoms with van der Waals surface area (Å²) in [6, 6.07) is 8.15. The Kier molecular flexibility index (Phi) is 3.63. The monoisotopic (exact) mass is 347 g/mol. The summed E-state index contributed by atoms with van der Waals surface area (Å²) in [5.74, 6) is 0. The molecule has 0 fully saturated rings. The van der Waals surface area contributed by atoms with Crippen molar-refractivity contribution < 1.29 is 0 Å². The van der Waals surface area contributed by atoms with Crippen LogP contribution < -0.4 is 11.1 Å². The van der Waals surface area contributed by atoms with E-state index in [2.05, 4.69) is 44.6 Å². The fraction of sp³-hybridized carbons (Fsp3) is 0.133. The number of nitrogens with one attached hydrogen (secondary N) is 1. The first-order valence-corrected chi connectivity index (χ1v) is 7.93. The fourth-order valence-corrected chi connectivity index (χ4v) is 3.34. The summed E-state index contributed by atoms with van der Waals surface area (Å²) in [5, 5.41) is 6.59. The van der Waals surface area contributed by atoms with Gasteiger partial charge < -0.3 is 11.1 Å². The van der Waals surface area contributed by atoms with Gasteiger partial charge in [0.25, 0.3) is 0 Å². The molecule has 0 atom stereocenters. The largest absolute Gasteiger partial charge is 0.396 e. The van der Waals surface area contributed by atoms with E-state index < -0.39 is 0 Å². The van der Waals surface area contributed by atoms with E-state index in [1.165, 1.54) is 10.4 Å². The van der Waals surface area contributed by atoms with Crippen LogP contribution in [0.3, 0.4) is 0 Å². The summed E-state index contributed by atoms with van der Waals surface area (Å²) < 4.78 is 1.02. The van der Waals surface area contributed by atoms with Crippen molar-refractivity contribution in [3.8, 4) is 0 Å². The maximum Gasteiger partial charge on any atom is 0.0743 e. The maximum absolute atomic E-state index is 6.08. The summed E-state index contributed by atoms with van der Waals surface area (Å²) >= 11 is 5.25. The van der Waals surface area contributed by atoms with Crippen LogP contribution in [0, 0.1) is 6.92 Å². The smallest absolute Gasteiger partial charge is 0.0743 e. The SMILES string of the molecule is Cc1ccsc1CNc1c(N)cnc2ccc(Br)cc12. The molecule has 2 heterocycles. The van der Waals surface area contributed by atoms with Gasteiger partial charge in [-0.3, -0.25) is 4.98 Å². The quantitative estimate of drug-likeness (QED) is 0.729. The van der Waals surface area contributed by atoms with Crippen LogP contribution >= 0.6 is 27.3 Å². The number of halogens is 1. The third-order valence-electron chi connectivity index (χ3n) is 3.25. The van der Waals surface area contributed by atoms with Gasteiger partial charge in [0.15, 0.2) is 0 Å². The molecular weight excluding hydrogens is 334 g/mol. The van der Waals surface area contributed by atoms with Gasteiger partial charge in [-0.25, -0.2) is 0 Å². The molecule has 2 aromatic heterocycles. The average Bonchev–Trinajstić information content (AvgIpc) is 2.83. The Morgan fingerprint density at radius 1 is 1.35 bits per heavy atom. The van der Waals surface area contributed by atoms with Crippen molar-refractivity contribution in [2.24, 2.45) is 0 Å². The van der Waals surface area contributed by atoms with E-state index >= 15 is 0 Å². The van der Waals surface area contributed by atoms with E-state index in [4.69, 9.17) is 5.73 Å². The topological polar surface area (TPSA) is 50.9 Å². The predicted molar refractivity (Wildman–Crippen MR) is 90.2 cm³/mol. The van der Waals surface area contributed by atoms with Crippen molar-refractivity contribution in [2.75, 3.05) is 11.1 Å². The molecule has 20 heavy (non-hydrogen) atoms. The maximum atomic E-state index is 6.08. The second kappa shape index (κ2) is 5.42. The van der Waals surface area contributed by atoms with Crippen molar-refractivity contribution in [1.82, 2.24) is 4.98 Å². The lowest BCUT2D eigenvalue weighted by Gasteiger charge is -2.12. The summed E-state index contributed by atoms with van der Waals surface area (Å²) in [7, 11) is 0. The first-order chi connectivity index (χ1) is 9.65. The molecule has 102 valence electrons. The molecule has 0 aliphatic carbocycles. The molecule has 0 amide bonds. The molecule has 0 aliphatic rings. The van der Waals surface area contributed by atoms with Crippen molar-refractivity contribution in [1.29, 1.82) is 0 Å². The normalized spacial score (nSPS) is 10.9. The van der Waals surface area contributed by atoms with Gasteiger partial charge >= 0.3 is 0 Å². The molecular formula is C15H14BrN3S. The number of rotatable bonds is 3. The third kappa shape index (κ3) is 2.51. The highest BCUT2D eigenvalue weighted by molar-refractivity contribution is 9.10. The number of anilines is 2. The summed E-state index contributed by atoms with van der Waals surface area (Å²) in [4.78, 5) is 5.69. The molecule has 3 aromatic rings. The number of aryl methyl sites for hydroxylation is 1. The van der Waals surface area contributed by atoms with Crippen LogP contribution in [-0.2, 0) is 6.54 Å². The first kappa shape index (κ1) is 13.4. The Labute approximate surface area is 130 Å². The molecule has 3 rings (SSSR count). The molecule has 0 unspecified atom stereocenters. The molecule has 0 spiro atoms. The Morgan fingerprint density at radius 3 is 2.95 bits per heavy atom. The molecule has 0 bridgehead atoms. The van der Waals surface area contributed by atoms with Crippen molar-refractivity contribution >= 4 is 49.5 Å². The van der Waals surface area contributed by atoms with E-state index in [1.54, 1.807) is 17.5 Å². The van der Waals surface area contributed by atoms with Crippen LogP contribution in [0.15, 0.2) is 40.3 Å². The van der Waals surface area contributed by atoms with Crippen LogP contribution in [0.1, 0.15) is 10.4 Å². The summed E-state index contributed by atoms with van der Waals surface area (Å²) in [5.41, 5.74) is 9.94. The molecule has 0 saturated carbocycles.